The van der Waals surface area contributed by atoms with Crippen LogP contribution in [0.3, 0.4) is 0 Å². The summed E-state index contributed by atoms with van der Waals surface area (Å²) in [6.45, 7) is 11.5. The molecule has 0 amide bonds. The van der Waals surface area contributed by atoms with E-state index in [2.05, 4.69) is 39.9 Å². The van der Waals surface area contributed by atoms with Crippen molar-refractivity contribution in [2.75, 3.05) is 0 Å². The predicted octanol–water partition coefficient (Wildman–Crippen LogP) is 2.95. The first-order chi connectivity index (χ1) is 7.71. The van der Waals surface area contributed by atoms with Gasteiger partial charge in [-0.15, -0.1) is 0 Å². The molecule has 0 aliphatic heterocycles. The second kappa shape index (κ2) is 4.24. The van der Waals surface area contributed by atoms with Crippen molar-refractivity contribution in [1.29, 1.82) is 0 Å². The van der Waals surface area contributed by atoms with Crippen LogP contribution in [0.15, 0.2) is 0 Å². The van der Waals surface area contributed by atoms with Crippen LogP contribution >= 0.6 is 0 Å². The van der Waals surface area contributed by atoms with Gasteiger partial charge in [0.05, 0.1) is 6.10 Å². The number of nitrogens with one attached hydrogen (secondary N) is 1. The minimum absolute atomic E-state index is 0.0603. The second-order valence-electron chi connectivity index (χ2n) is 7.90. The van der Waals surface area contributed by atoms with Crippen LogP contribution < -0.4 is 5.32 Å². The maximum Gasteiger partial charge on any atom is 0.0621 e. The molecule has 2 heteroatoms. The van der Waals surface area contributed by atoms with Gasteiger partial charge in [0.15, 0.2) is 0 Å². The average Bonchev–Trinajstić information content (AvgIpc) is 2.14. The normalized spacial score (nSPS) is 44.1. The van der Waals surface area contributed by atoms with Crippen molar-refractivity contribution in [1.82, 2.24) is 5.32 Å². The van der Waals surface area contributed by atoms with Crippen molar-refractivity contribution < 1.29 is 5.11 Å². The van der Waals surface area contributed by atoms with Crippen LogP contribution in [0, 0.1) is 16.7 Å². The standard InChI is InChI=1S/C15H29NO/c1-10-6-11(9-14(2,3)8-10)16-12-7-13(17)15(12,4)5/h10-13,16-17H,6-9H2,1-5H3. The lowest BCUT2D eigenvalue weighted by Gasteiger charge is -2.52. The van der Waals surface area contributed by atoms with Crippen molar-refractivity contribution >= 4 is 0 Å². The van der Waals surface area contributed by atoms with E-state index in [4.69, 9.17) is 0 Å². The van der Waals surface area contributed by atoms with Gasteiger partial charge >= 0.3 is 0 Å². The molecule has 2 N–H and O–H groups in total. The molecule has 2 fully saturated rings. The third kappa shape index (κ3) is 2.68. The van der Waals surface area contributed by atoms with Crippen LogP contribution in [-0.2, 0) is 0 Å². The molecule has 0 spiro atoms. The van der Waals surface area contributed by atoms with Crippen molar-refractivity contribution in [2.45, 2.75) is 78.5 Å². The summed E-state index contributed by atoms with van der Waals surface area (Å²) in [5.74, 6) is 0.823. The molecule has 4 atom stereocenters. The van der Waals surface area contributed by atoms with Crippen LogP contribution in [0.5, 0.6) is 0 Å². The molecule has 0 bridgehead atoms. The molecule has 2 aliphatic carbocycles. The molecule has 0 heterocycles. The fourth-order valence-electron chi connectivity index (χ4n) is 3.94. The van der Waals surface area contributed by atoms with Gasteiger partial charge in [0.2, 0.25) is 0 Å². The van der Waals surface area contributed by atoms with Crippen LogP contribution in [0.25, 0.3) is 0 Å². The fourth-order valence-corrected chi connectivity index (χ4v) is 3.94. The number of hydrogen-bond acceptors (Lipinski definition) is 2. The Morgan fingerprint density at radius 3 is 2.18 bits per heavy atom. The maximum absolute atomic E-state index is 9.79. The zero-order valence-electron chi connectivity index (χ0n) is 12.1. The Labute approximate surface area is 106 Å². The van der Waals surface area contributed by atoms with E-state index in [1.807, 2.05) is 0 Å². The lowest BCUT2D eigenvalue weighted by molar-refractivity contribution is -0.0796. The third-order valence-corrected chi connectivity index (χ3v) is 5.04. The van der Waals surface area contributed by atoms with Gasteiger partial charge in [-0.1, -0.05) is 34.6 Å². The van der Waals surface area contributed by atoms with Crippen LogP contribution in [0.1, 0.15) is 60.3 Å². The SMILES string of the molecule is CC1CC(NC2CC(O)C2(C)C)CC(C)(C)C1. The molecule has 100 valence electrons. The van der Waals surface area contributed by atoms with Crippen LogP contribution in [0.4, 0.5) is 0 Å². The second-order valence-corrected chi connectivity index (χ2v) is 7.90. The van der Waals surface area contributed by atoms with E-state index in [0.29, 0.717) is 17.5 Å². The highest BCUT2D eigenvalue weighted by molar-refractivity contribution is 5.03. The molecule has 0 aromatic heterocycles. The van der Waals surface area contributed by atoms with Crippen LogP contribution in [0.2, 0.25) is 0 Å². The van der Waals surface area contributed by atoms with E-state index in [-0.39, 0.29) is 11.5 Å². The van der Waals surface area contributed by atoms with Crippen molar-refractivity contribution in [3.63, 3.8) is 0 Å². The fraction of sp³-hybridized carbons (Fsp3) is 1.00. The molecule has 2 nitrogen and oxygen atoms in total. The maximum atomic E-state index is 9.79. The molecule has 4 unspecified atom stereocenters. The molecule has 0 aromatic carbocycles. The van der Waals surface area contributed by atoms with Crippen molar-refractivity contribution in [3.05, 3.63) is 0 Å². The average molecular weight is 239 g/mol. The highest BCUT2D eigenvalue weighted by Gasteiger charge is 2.48. The highest BCUT2D eigenvalue weighted by atomic mass is 16.3. The van der Waals surface area contributed by atoms with E-state index < -0.39 is 0 Å². The molecular formula is C15H29NO. The highest BCUT2D eigenvalue weighted by Crippen LogP contribution is 2.43. The van der Waals surface area contributed by atoms with Gasteiger partial charge < -0.3 is 10.4 Å². The quantitative estimate of drug-likeness (QED) is 0.776. The minimum atomic E-state index is -0.117. The first kappa shape index (κ1) is 13.4. The molecule has 17 heavy (non-hydrogen) atoms. The molecule has 2 rings (SSSR count). The van der Waals surface area contributed by atoms with Gasteiger partial charge in [-0.3, -0.25) is 0 Å². The van der Waals surface area contributed by atoms with Crippen molar-refractivity contribution in [2.24, 2.45) is 16.7 Å². The number of aliphatic hydroxyl groups excluding tert-OH is 1. The zero-order valence-corrected chi connectivity index (χ0v) is 12.1. The molecule has 0 saturated heterocycles. The van der Waals surface area contributed by atoms with E-state index >= 15 is 0 Å². The Morgan fingerprint density at radius 1 is 1.06 bits per heavy atom. The topological polar surface area (TPSA) is 32.3 Å². The summed E-state index contributed by atoms with van der Waals surface area (Å²) in [5.41, 5.74) is 0.534. The zero-order chi connectivity index (χ0) is 12.8. The van der Waals surface area contributed by atoms with Gasteiger partial charge in [-0.05, 0) is 37.0 Å². The summed E-state index contributed by atoms with van der Waals surface area (Å²) in [7, 11) is 0. The van der Waals surface area contributed by atoms with E-state index in [0.717, 1.165) is 12.3 Å². The Bertz CT molecular complexity index is 285. The molecule has 2 aliphatic rings. The largest absolute Gasteiger partial charge is 0.392 e. The Kier molecular flexibility index (Phi) is 3.33. The van der Waals surface area contributed by atoms with E-state index in [9.17, 15) is 5.11 Å². The predicted molar refractivity (Wildman–Crippen MR) is 71.9 cm³/mol. The monoisotopic (exact) mass is 239 g/mol. The van der Waals surface area contributed by atoms with Crippen LogP contribution in [-0.4, -0.2) is 23.3 Å². The number of rotatable bonds is 2. The molecule has 0 aromatic rings. The first-order valence-electron chi connectivity index (χ1n) is 7.15. The van der Waals surface area contributed by atoms with E-state index in [1.165, 1.54) is 19.3 Å². The molecule has 0 radical (unpaired) electrons. The summed E-state index contributed by atoms with van der Waals surface area (Å²) in [6, 6.07) is 1.15. The van der Waals surface area contributed by atoms with Gasteiger partial charge in [-0.25, -0.2) is 0 Å². The van der Waals surface area contributed by atoms with Gasteiger partial charge in [-0.2, -0.15) is 0 Å². The Morgan fingerprint density at radius 2 is 1.71 bits per heavy atom. The lowest BCUT2D eigenvalue weighted by atomic mass is 9.63. The molecular weight excluding hydrogens is 210 g/mol. The summed E-state index contributed by atoms with van der Waals surface area (Å²) in [5, 5.41) is 13.6. The minimum Gasteiger partial charge on any atom is -0.392 e. The summed E-state index contributed by atoms with van der Waals surface area (Å²) in [6.07, 6.45) is 4.74. The van der Waals surface area contributed by atoms with Gasteiger partial charge in [0, 0.05) is 17.5 Å². The third-order valence-electron chi connectivity index (χ3n) is 5.04. The van der Waals surface area contributed by atoms with Gasteiger partial charge in [0.25, 0.3) is 0 Å². The summed E-state index contributed by atoms with van der Waals surface area (Å²) < 4.78 is 0. The summed E-state index contributed by atoms with van der Waals surface area (Å²) >= 11 is 0. The Hall–Kier alpha value is -0.0800. The van der Waals surface area contributed by atoms with Crippen molar-refractivity contribution in [3.8, 4) is 0 Å². The van der Waals surface area contributed by atoms with E-state index in [1.54, 1.807) is 0 Å². The molecule has 2 saturated carbocycles. The lowest BCUT2D eigenvalue weighted by Crippen LogP contribution is -2.62. The van der Waals surface area contributed by atoms with Gasteiger partial charge in [0.1, 0.15) is 0 Å². The number of aliphatic hydroxyl groups is 1. The Balaban J connectivity index is 1.92. The smallest absolute Gasteiger partial charge is 0.0621 e. The summed E-state index contributed by atoms with van der Waals surface area (Å²) in [4.78, 5) is 0. The first-order valence-corrected chi connectivity index (χ1v) is 7.15. The number of hydrogen-bond donors (Lipinski definition) is 2.